The zero-order valence-corrected chi connectivity index (χ0v) is 13.7. The Bertz CT molecular complexity index is 560. The first kappa shape index (κ1) is 15.2. The van der Waals surface area contributed by atoms with Crippen molar-refractivity contribution in [3.8, 4) is 0 Å². The van der Waals surface area contributed by atoms with Crippen molar-refractivity contribution in [1.82, 2.24) is 10.3 Å². The number of nitrogens with zero attached hydrogens (tertiary/aromatic N) is 1. The number of rotatable bonds is 6. The summed E-state index contributed by atoms with van der Waals surface area (Å²) in [6.07, 6.45) is 2.08. The number of nitrogens with one attached hydrogen (secondary N) is 1. The van der Waals surface area contributed by atoms with Crippen molar-refractivity contribution in [1.29, 1.82) is 0 Å². The monoisotopic (exact) mass is 288 g/mol. The Morgan fingerprint density at radius 3 is 2.55 bits per heavy atom. The Hall–Kier alpha value is -1.19. The van der Waals surface area contributed by atoms with Gasteiger partial charge in [0.1, 0.15) is 0 Å². The van der Waals surface area contributed by atoms with Gasteiger partial charge >= 0.3 is 0 Å². The van der Waals surface area contributed by atoms with Crippen LogP contribution >= 0.6 is 11.3 Å². The van der Waals surface area contributed by atoms with Gasteiger partial charge in [-0.25, -0.2) is 4.98 Å². The second kappa shape index (κ2) is 7.00. The molecule has 20 heavy (non-hydrogen) atoms. The maximum atomic E-state index is 4.58. The third kappa shape index (κ3) is 4.15. The van der Waals surface area contributed by atoms with E-state index in [0.717, 1.165) is 25.1 Å². The van der Waals surface area contributed by atoms with Crippen molar-refractivity contribution in [3.63, 3.8) is 0 Å². The molecule has 1 aromatic carbocycles. The van der Waals surface area contributed by atoms with Gasteiger partial charge in [-0.2, -0.15) is 0 Å². The van der Waals surface area contributed by atoms with Crippen molar-refractivity contribution in [3.05, 3.63) is 51.0 Å². The van der Waals surface area contributed by atoms with Gasteiger partial charge in [-0.3, -0.25) is 0 Å². The molecular formula is C17H24N2S. The Morgan fingerprint density at radius 2 is 1.95 bits per heavy atom. The molecule has 0 amide bonds. The van der Waals surface area contributed by atoms with Crippen LogP contribution in [-0.4, -0.2) is 17.6 Å². The molecule has 2 nitrogen and oxygen atoms in total. The first-order chi connectivity index (χ1) is 9.58. The van der Waals surface area contributed by atoms with E-state index in [0.29, 0.717) is 6.04 Å². The normalized spacial score (nSPS) is 12.6. The van der Waals surface area contributed by atoms with Crippen LogP contribution in [0.25, 0.3) is 0 Å². The van der Waals surface area contributed by atoms with Crippen LogP contribution in [0.1, 0.15) is 34.3 Å². The molecule has 0 aliphatic heterocycles. The standard InChI is InChI=1S/C17H24N2S/c1-5-18-16(10-17-19-14(4)11-20-17)9-15-7-6-12(2)13(3)8-15/h6-8,11,16,18H,5,9-10H2,1-4H3. The minimum atomic E-state index is 0.465. The Kier molecular flexibility index (Phi) is 5.32. The summed E-state index contributed by atoms with van der Waals surface area (Å²) in [7, 11) is 0. The van der Waals surface area contributed by atoms with Crippen LogP contribution in [0.15, 0.2) is 23.6 Å². The van der Waals surface area contributed by atoms with E-state index >= 15 is 0 Å². The lowest BCUT2D eigenvalue weighted by atomic mass is 9.99. The molecule has 0 aliphatic carbocycles. The highest BCUT2D eigenvalue weighted by Gasteiger charge is 2.12. The van der Waals surface area contributed by atoms with E-state index in [1.807, 2.05) is 0 Å². The van der Waals surface area contributed by atoms with Crippen molar-refractivity contribution < 1.29 is 0 Å². The highest BCUT2D eigenvalue weighted by atomic mass is 32.1. The van der Waals surface area contributed by atoms with Crippen LogP contribution in [-0.2, 0) is 12.8 Å². The van der Waals surface area contributed by atoms with Gasteiger partial charge in [0.25, 0.3) is 0 Å². The highest BCUT2D eigenvalue weighted by Crippen LogP contribution is 2.16. The van der Waals surface area contributed by atoms with Crippen LogP contribution in [0.3, 0.4) is 0 Å². The predicted molar refractivity (Wildman–Crippen MR) is 87.6 cm³/mol. The van der Waals surface area contributed by atoms with Crippen molar-refractivity contribution in [2.24, 2.45) is 0 Å². The quantitative estimate of drug-likeness (QED) is 0.874. The number of aromatic nitrogens is 1. The molecule has 0 saturated carbocycles. The van der Waals surface area contributed by atoms with E-state index in [9.17, 15) is 0 Å². The fraction of sp³-hybridized carbons (Fsp3) is 0.471. The summed E-state index contributed by atoms with van der Waals surface area (Å²) in [6.45, 7) is 9.58. The molecule has 0 aliphatic rings. The molecule has 1 unspecified atom stereocenters. The van der Waals surface area contributed by atoms with Crippen LogP contribution in [0.2, 0.25) is 0 Å². The lowest BCUT2D eigenvalue weighted by molar-refractivity contribution is 0.520. The molecule has 0 saturated heterocycles. The first-order valence-corrected chi connectivity index (χ1v) is 8.17. The summed E-state index contributed by atoms with van der Waals surface area (Å²) in [6, 6.07) is 7.25. The minimum absolute atomic E-state index is 0.465. The molecule has 3 heteroatoms. The van der Waals surface area contributed by atoms with E-state index in [-0.39, 0.29) is 0 Å². The largest absolute Gasteiger partial charge is 0.314 e. The van der Waals surface area contributed by atoms with Gasteiger partial charge < -0.3 is 5.32 Å². The molecule has 1 heterocycles. The molecule has 1 N–H and O–H groups in total. The molecule has 108 valence electrons. The predicted octanol–water partition coefficient (Wildman–Crippen LogP) is 3.83. The molecule has 0 spiro atoms. The summed E-state index contributed by atoms with van der Waals surface area (Å²) >= 11 is 1.77. The molecule has 2 aromatic rings. The number of thiazole rings is 1. The zero-order valence-electron chi connectivity index (χ0n) is 12.9. The van der Waals surface area contributed by atoms with E-state index in [2.05, 4.69) is 61.6 Å². The van der Waals surface area contributed by atoms with E-state index in [1.165, 1.54) is 21.7 Å². The van der Waals surface area contributed by atoms with Gasteiger partial charge in [-0.1, -0.05) is 25.1 Å². The molecule has 0 radical (unpaired) electrons. The first-order valence-electron chi connectivity index (χ1n) is 7.29. The third-order valence-electron chi connectivity index (χ3n) is 3.63. The summed E-state index contributed by atoms with van der Waals surface area (Å²) < 4.78 is 0. The van der Waals surface area contributed by atoms with E-state index in [1.54, 1.807) is 11.3 Å². The number of aryl methyl sites for hydroxylation is 3. The second-order valence-corrected chi connectivity index (χ2v) is 6.41. The van der Waals surface area contributed by atoms with Gasteiger partial charge in [-0.15, -0.1) is 11.3 Å². The Balaban J connectivity index is 2.06. The van der Waals surface area contributed by atoms with Gasteiger partial charge in [0, 0.05) is 23.5 Å². The summed E-state index contributed by atoms with van der Waals surface area (Å²) in [5.74, 6) is 0. The van der Waals surface area contributed by atoms with Gasteiger partial charge in [0.15, 0.2) is 0 Å². The second-order valence-electron chi connectivity index (χ2n) is 5.46. The Morgan fingerprint density at radius 1 is 1.15 bits per heavy atom. The maximum absolute atomic E-state index is 4.58. The highest BCUT2D eigenvalue weighted by molar-refractivity contribution is 7.09. The average Bonchev–Trinajstić information content (AvgIpc) is 2.80. The SMILES string of the molecule is CCNC(Cc1ccc(C)c(C)c1)Cc1nc(C)cs1. The summed E-state index contributed by atoms with van der Waals surface area (Å²) in [5.41, 5.74) is 5.28. The van der Waals surface area contributed by atoms with Crippen LogP contribution in [0, 0.1) is 20.8 Å². The lowest BCUT2D eigenvalue weighted by Gasteiger charge is -2.17. The fourth-order valence-corrected chi connectivity index (χ4v) is 3.28. The maximum Gasteiger partial charge on any atom is 0.0943 e. The molecule has 1 atom stereocenters. The zero-order chi connectivity index (χ0) is 14.5. The van der Waals surface area contributed by atoms with Crippen molar-refractivity contribution in [2.75, 3.05) is 6.54 Å². The van der Waals surface area contributed by atoms with E-state index in [4.69, 9.17) is 0 Å². The summed E-state index contributed by atoms with van der Waals surface area (Å²) in [4.78, 5) is 4.58. The number of hydrogen-bond donors (Lipinski definition) is 1. The topological polar surface area (TPSA) is 24.9 Å². The fourth-order valence-electron chi connectivity index (χ4n) is 2.43. The Labute approximate surface area is 126 Å². The smallest absolute Gasteiger partial charge is 0.0943 e. The van der Waals surface area contributed by atoms with Gasteiger partial charge in [0.05, 0.1) is 5.01 Å². The summed E-state index contributed by atoms with van der Waals surface area (Å²) in [5, 5.41) is 6.96. The third-order valence-corrected chi connectivity index (χ3v) is 4.62. The minimum Gasteiger partial charge on any atom is -0.314 e. The van der Waals surface area contributed by atoms with Gasteiger partial charge in [0.2, 0.25) is 0 Å². The molecule has 1 aromatic heterocycles. The number of hydrogen-bond acceptors (Lipinski definition) is 3. The van der Waals surface area contributed by atoms with Crippen LogP contribution in [0.5, 0.6) is 0 Å². The van der Waals surface area contributed by atoms with Crippen LogP contribution < -0.4 is 5.32 Å². The average molecular weight is 288 g/mol. The number of benzene rings is 1. The molecule has 0 bridgehead atoms. The van der Waals surface area contributed by atoms with E-state index < -0.39 is 0 Å². The molecular weight excluding hydrogens is 264 g/mol. The van der Waals surface area contributed by atoms with Crippen molar-refractivity contribution >= 4 is 11.3 Å². The van der Waals surface area contributed by atoms with Crippen molar-refractivity contribution in [2.45, 2.75) is 46.6 Å². The van der Waals surface area contributed by atoms with Gasteiger partial charge in [-0.05, 0) is 50.4 Å². The van der Waals surface area contributed by atoms with Crippen LogP contribution in [0.4, 0.5) is 0 Å². The molecule has 2 rings (SSSR count). The molecule has 0 fully saturated rings. The lowest BCUT2D eigenvalue weighted by Crippen LogP contribution is -2.33. The number of likely N-dealkylation sites (N-methyl/N-ethyl adjacent to an activating group) is 1.